The molecule has 3 heterocycles. The molecule has 1 amide bonds. The van der Waals surface area contributed by atoms with E-state index in [2.05, 4.69) is 25.8 Å². The highest BCUT2D eigenvalue weighted by Crippen LogP contribution is 2.32. The molecule has 2 aliphatic rings. The number of hydrogen-bond acceptors (Lipinski definition) is 5. The van der Waals surface area contributed by atoms with Crippen LogP contribution in [-0.2, 0) is 29.4 Å². The molecule has 2 aromatic rings. The van der Waals surface area contributed by atoms with E-state index in [4.69, 9.17) is 4.74 Å². The van der Waals surface area contributed by atoms with Gasteiger partial charge in [0.25, 0.3) is 5.91 Å². The SMILES string of the molecule is CC(C)(C)c1cn(C[C@H]2CCCO2)/c(=N/C(=O)c2cc(C(F)(F)F)ccc2CN2CCC[C@@H]2CO)s1. The Bertz CT molecular complexity index is 1140. The number of aliphatic hydroxyl groups is 1. The minimum Gasteiger partial charge on any atom is -0.395 e. The fourth-order valence-electron chi connectivity index (χ4n) is 4.72. The van der Waals surface area contributed by atoms with E-state index in [1.165, 1.54) is 17.4 Å². The van der Waals surface area contributed by atoms with E-state index in [9.17, 15) is 23.1 Å². The van der Waals surface area contributed by atoms with Gasteiger partial charge < -0.3 is 14.4 Å². The molecule has 0 bridgehead atoms. The Hall–Kier alpha value is -2.01. The summed E-state index contributed by atoms with van der Waals surface area (Å²) in [5.74, 6) is -0.695. The molecule has 0 saturated carbocycles. The quantitative estimate of drug-likeness (QED) is 0.592. The van der Waals surface area contributed by atoms with Crippen molar-refractivity contribution in [2.45, 2.75) is 83.3 Å². The standard InChI is InChI=1S/C26H34F3N3O3S/c1-25(2,3)22-15-32(14-20-7-5-11-35-20)24(36-22)30-23(34)21-12-18(26(27,28)29)9-8-17(21)13-31-10-4-6-19(31)16-33/h8-9,12,15,19-20,33H,4-7,10-11,13-14,16H2,1-3H3/b30-24-/t19-,20-/m1/s1. The predicted molar refractivity (Wildman–Crippen MR) is 132 cm³/mol. The monoisotopic (exact) mass is 525 g/mol. The molecule has 36 heavy (non-hydrogen) atoms. The summed E-state index contributed by atoms with van der Waals surface area (Å²) >= 11 is 1.38. The van der Waals surface area contributed by atoms with Crippen LogP contribution in [0.2, 0.25) is 0 Å². The van der Waals surface area contributed by atoms with E-state index >= 15 is 0 Å². The van der Waals surface area contributed by atoms with Crippen LogP contribution < -0.4 is 4.80 Å². The Balaban J connectivity index is 1.74. The molecule has 1 N–H and O–H groups in total. The number of alkyl halides is 3. The maximum Gasteiger partial charge on any atom is 0.416 e. The van der Waals surface area contributed by atoms with Crippen molar-refractivity contribution in [2.75, 3.05) is 19.8 Å². The van der Waals surface area contributed by atoms with Crippen LogP contribution in [0.25, 0.3) is 0 Å². The van der Waals surface area contributed by atoms with Gasteiger partial charge in [-0.2, -0.15) is 18.2 Å². The van der Waals surface area contributed by atoms with Crippen LogP contribution in [0.1, 0.15) is 72.8 Å². The van der Waals surface area contributed by atoms with Crippen LogP contribution in [0.4, 0.5) is 13.2 Å². The number of hydrogen-bond donors (Lipinski definition) is 1. The van der Waals surface area contributed by atoms with E-state index < -0.39 is 17.6 Å². The molecular formula is C26H34F3N3O3S. The number of aliphatic hydroxyl groups excluding tert-OH is 1. The lowest BCUT2D eigenvalue weighted by atomic mass is 9.95. The van der Waals surface area contributed by atoms with Crippen LogP contribution in [0.3, 0.4) is 0 Å². The highest BCUT2D eigenvalue weighted by molar-refractivity contribution is 7.09. The second kappa shape index (κ2) is 10.8. The first-order chi connectivity index (χ1) is 17.0. The van der Waals surface area contributed by atoms with Gasteiger partial charge in [-0.05, 0) is 55.3 Å². The number of carbonyl (C=O) groups is 1. The minimum absolute atomic E-state index is 0.0242. The van der Waals surface area contributed by atoms with Gasteiger partial charge in [0.15, 0.2) is 4.80 Å². The maximum atomic E-state index is 13.5. The van der Waals surface area contributed by atoms with Gasteiger partial charge in [0, 0.05) is 35.8 Å². The van der Waals surface area contributed by atoms with Crippen molar-refractivity contribution in [1.29, 1.82) is 0 Å². The summed E-state index contributed by atoms with van der Waals surface area (Å²) in [4.78, 5) is 21.3. The molecule has 2 atom stereocenters. The number of aromatic nitrogens is 1. The summed E-state index contributed by atoms with van der Waals surface area (Å²) in [5.41, 5.74) is -0.618. The Morgan fingerprint density at radius 3 is 2.64 bits per heavy atom. The third-order valence-corrected chi connectivity index (χ3v) is 8.28. The number of carbonyl (C=O) groups excluding carboxylic acids is 1. The molecule has 10 heteroatoms. The highest BCUT2D eigenvalue weighted by Gasteiger charge is 2.33. The molecule has 4 rings (SSSR count). The summed E-state index contributed by atoms with van der Waals surface area (Å²) in [7, 11) is 0. The van der Waals surface area contributed by atoms with Crippen LogP contribution in [0, 0.1) is 0 Å². The Labute approximate surface area is 213 Å². The molecule has 0 spiro atoms. The van der Waals surface area contributed by atoms with Crippen molar-refractivity contribution in [2.24, 2.45) is 4.99 Å². The lowest BCUT2D eigenvalue weighted by molar-refractivity contribution is -0.137. The third kappa shape index (κ3) is 6.27. The lowest BCUT2D eigenvalue weighted by Crippen LogP contribution is -2.32. The van der Waals surface area contributed by atoms with Crippen molar-refractivity contribution in [3.05, 3.63) is 50.8 Å². The highest BCUT2D eigenvalue weighted by atomic mass is 32.1. The van der Waals surface area contributed by atoms with E-state index in [0.29, 0.717) is 23.5 Å². The predicted octanol–water partition coefficient (Wildman–Crippen LogP) is 4.74. The first kappa shape index (κ1) is 27.0. The van der Waals surface area contributed by atoms with Gasteiger partial charge in [-0.25, -0.2) is 0 Å². The zero-order valence-corrected chi connectivity index (χ0v) is 21.8. The molecule has 0 unspecified atom stereocenters. The second-order valence-electron chi connectivity index (χ2n) is 10.7. The largest absolute Gasteiger partial charge is 0.416 e. The van der Waals surface area contributed by atoms with Crippen LogP contribution in [-0.4, -0.2) is 52.4 Å². The van der Waals surface area contributed by atoms with Crippen LogP contribution >= 0.6 is 11.3 Å². The van der Waals surface area contributed by atoms with E-state index in [1.54, 1.807) is 0 Å². The van der Waals surface area contributed by atoms with Crippen LogP contribution in [0.5, 0.6) is 0 Å². The van der Waals surface area contributed by atoms with Gasteiger partial charge in [0.2, 0.25) is 0 Å². The number of likely N-dealkylation sites (tertiary alicyclic amines) is 1. The van der Waals surface area contributed by atoms with Crippen molar-refractivity contribution >= 4 is 17.2 Å². The average molecular weight is 526 g/mol. The first-order valence-electron chi connectivity index (χ1n) is 12.4. The summed E-state index contributed by atoms with van der Waals surface area (Å²) in [6.07, 6.45) is 1.04. The average Bonchev–Trinajstić information content (AvgIpc) is 3.55. The summed E-state index contributed by atoms with van der Waals surface area (Å²) < 4.78 is 48.3. The van der Waals surface area contributed by atoms with Gasteiger partial charge in [-0.15, -0.1) is 11.3 Å². The number of benzene rings is 1. The Kier molecular flexibility index (Phi) is 8.09. The Morgan fingerprint density at radius 2 is 2.00 bits per heavy atom. The zero-order valence-electron chi connectivity index (χ0n) is 21.0. The van der Waals surface area contributed by atoms with Gasteiger partial charge in [0.05, 0.1) is 24.8 Å². The number of rotatable bonds is 6. The molecule has 0 radical (unpaired) electrons. The van der Waals surface area contributed by atoms with Gasteiger partial charge >= 0.3 is 6.18 Å². The topological polar surface area (TPSA) is 67.1 Å². The van der Waals surface area contributed by atoms with E-state index in [1.807, 2.05) is 15.7 Å². The number of halogens is 3. The zero-order chi connectivity index (χ0) is 26.1. The minimum atomic E-state index is -4.57. The summed E-state index contributed by atoms with van der Waals surface area (Å²) in [6.45, 7) is 8.43. The number of amides is 1. The molecule has 0 aliphatic carbocycles. The molecule has 2 fully saturated rings. The van der Waals surface area contributed by atoms with Gasteiger partial charge in [0.1, 0.15) is 0 Å². The molecule has 1 aromatic carbocycles. The summed E-state index contributed by atoms with van der Waals surface area (Å²) in [5, 5.41) is 9.67. The number of ether oxygens (including phenoxy) is 1. The van der Waals surface area contributed by atoms with Crippen molar-refractivity contribution in [1.82, 2.24) is 9.47 Å². The molecule has 198 valence electrons. The smallest absolute Gasteiger partial charge is 0.395 e. The first-order valence-corrected chi connectivity index (χ1v) is 13.2. The molecule has 1 aromatic heterocycles. The molecule has 2 aliphatic heterocycles. The van der Waals surface area contributed by atoms with Crippen molar-refractivity contribution in [3.8, 4) is 0 Å². The van der Waals surface area contributed by atoms with Crippen LogP contribution in [0.15, 0.2) is 29.4 Å². The van der Waals surface area contributed by atoms with Gasteiger partial charge in [-0.3, -0.25) is 9.69 Å². The van der Waals surface area contributed by atoms with E-state index in [0.717, 1.165) is 49.2 Å². The molecule has 6 nitrogen and oxygen atoms in total. The fourth-order valence-corrected chi connectivity index (χ4v) is 5.77. The number of nitrogens with zero attached hydrogens (tertiary/aromatic N) is 3. The lowest BCUT2D eigenvalue weighted by Gasteiger charge is -2.24. The normalized spacial score (nSPS) is 22.0. The summed E-state index contributed by atoms with van der Waals surface area (Å²) in [6, 6.07) is 3.23. The van der Waals surface area contributed by atoms with E-state index in [-0.39, 0.29) is 36.3 Å². The molecule has 2 saturated heterocycles. The Morgan fingerprint density at radius 1 is 1.22 bits per heavy atom. The number of thiazole rings is 1. The fraction of sp³-hybridized carbons (Fsp3) is 0.615. The van der Waals surface area contributed by atoms with Crippen molar-refractivity contribution in [3.63, 3.8) is 0 Å². The van der Waals surface area contributed by atoms with Crippen molar-refractivity contribution < 1.29 is 27.8 Å². The third-order valence-electron chi connectivity index (χ3n) is 6.83. The van der Waals surface area contributed by atoms with Gasteiger partial charge in [-0.1, -0.05) is 26.8 Å². The maximum absolute atomic E-state index is 13.5. The second-order valence-corrected chi connectivity index (χ2v) is 11.7. The molecular weight excluding hydrogens is 491 g/mol.